The molecule has 0 saturated heterocycles. The van der Waals surface area contributed by atoms with E-state index in [0.29, 0.717) is 18.3 Å². The summed E-state index contributed by atoms with van der Waals surface area (Å²) in [4.78, 5) is 0. The van der Waals surface area contributed by atoms with Crippen LogP contribution in [0.5, 0.6) is 0 Å². The number of hydrogen-bond donors (Lipinski definition) is 3. The summed E-state index contributed by atoms with van der Waals surface area (Å²) >= 11 is 20.7. The summed E-state index contributed by atoms with van der Waals surface area (Å²) in [5.74, 6) is 1.20. The summed E-state index contributed by atoms with van der Waals surface area (Å²) in [7, 11) is 0. The number of thioether (sulfide) groups is 3. The topological polar surface area (TPSA) is 0 Å². The molecule has 3 atom stereocenters. The maximum atomic E-state index is 4.87. The maximum absolute atomic E-state index is 4.87. The Morgan fingerprint density at radius 1 is 0.556 bits per heavy atom. The Morgan fingerprint density at radius 2 is 0.963 bits per heavy atom. The van der Waals surface area contributed by atoms with E-state index in [4.69, 9.17) is 37.9 Å². The molecule has 6 heteroatoms. The van der Waals surface area contributed by atoms with Crippen molar-refractivity contribution in [2.75, 3.05) is 5.75 Å². The van der Waals surface area contributed by atoms with Gasteiger partial charge in [-0.2, -0.15) is 37.9 Å². The second kappa shape index (κ2) is 21.3. The molecule has 0 aromatic heterocycles. The Morgan fingerprint density at radius 3 is 1.37 bits per heavy atom. The lowest BCUT2D eigenvalue weighted by Gasteiger charge is -2.23. The summed E-state index contributed by atoms with van der Waals surface area (Å²) in [6, 6.07) is 0. The van der Waals surface area contributed by atoms with E-state index in [9.17, 15) is 0 Å². The molecule has 0 heterocycles. The highest BCUT2D eigenvalue weighted by Crippen LogP contribution is 2.39. The van der Waals surface area contributed by atoms with E-state index >= 15 is 0 Å². The summed E-state index contributed by atoms with van der Waals surface area (Å²) < 4.78 is 2.04. The van der Waals surface area contributed by atoms with Gasteiger partial charge in [0.05, 0.1) is 4.58 Å². The van der Waals surface area contributed by atoms with Crippen LogP contribution in [-0.4, -0.2) is 24.1 Å². The fraction of sp³-hybridized carbons (Fsp3) is 1.00. The van der Waals surface area contributed by atoms with Crippen LogP contribution in [0, 0.1) is 0 Å². The van der Waals surface area contributed by atoms with E-state index in [1.165, 1.54) is 89.2 Å². The molecule has 0 aromatic rings. The minimum atomic E-state index is 0.464. The average Bonchev–Trinajstić information content (AvgIpc) is 2.62. The van der Waals surface area contributed by atoms with E-state index in [1.54, 1.807) is 0 Å². The van der Waals surface area contributed by atoms with Gasteiger partial charge >= 0.3 is 0 Å². The maximum Gasteiger partial charge on any atom is 0.0532 e. The fourth-order valence-corrected chi connectivity index (χ4v) is 9.14. The van der Waals surface area contributed by atoms with Gasteiger partial charge in [0.1, 0.15) is 0 Å². The molecule has 0 saturated carbocycles. The molecule has 0 aliphatic rings. The summed E-state index contributed by atoms with van der Waals surface area (Å²) in [6.07, 6.45) is 16.7. The molecule has 27 heavy (non-hydrogen) atoms. The first-order chi connectivity index (χ1) is 13.0. The first-order valence-corrected chi connectivity index (χ1v) is 15.5. The van der Waals surface area contributed by atoms with Crippen molar-refractivity contribution in [1.29, 1.82) is 0 Å². The van der Waals surface area contributed by atoms with Crippen LogP contribution < -0.4 is 0 Å². The van der Waals surface area contributed by atoms with Crippen molar-refractivity contribution in [2.24, 2.45) is 0 Å². The largest absolute Gasteiger partial charge is 0.165 e. The minimum Gasteiger partial charge on any atom is -0.165 e. The molecule has 0 radical (unpaired) electrons. The van der Waals surface area contributed by atoms with Crippen LogP contribution in [0.3, 0.4) is 0 Å². The monoisotopic (exact) mass is 488 g/mol. The average molecular weight is 489 g/mol. The number of hydrogen-bond acceptors (Lipinski definition) is 6. The molecular weight excluding hydrogens is 445 g/mol. The molecule has 0 amide bonds. The van der Waals surface area contributed by atoms with Gasteiger partial charge in [0.15, 0.2) is 0 Å². The van der Waals surface area contributed by atoms with Crippen LogP contribution >= 0.6 is 73.2 Å². The Balaban J connectivity index is 4.28. The third-order valence-corrected chi connectivity index (χ3v) is 10.3. The number of unbranched alkanes of at least 4 members (excludes halogenated alkanes) is 6. The quantitative estimate of drug-likeness (QED) is 0.0887. The third-order valence-electron chi connectivity index (χ3n) is 4.45. The predicted molar refractivity (Wildman–Crippen MR) is 147 cm³/mol. The molecule has 0 N–H and O–H groups in total. The van der Waals surface area contributed by atoms with E-state index in [0.717, 1.165) is 0 Å². The summed E-state index contributed by atoms with van der Waals surface area (Å²) in [5.41, 5.74) is 0. The van der Waals surface area contributed by atoms with Crippen LogP contribution in [-0.2, 0) is 0 Å². The zero-order valence-electron chi connectivity index (χ0n) is 17.8. The van der Waals surface area contributed by atoms with Crippen LogP contribution in [0.15, 0.2) is 0 Å². The van der Waals surface area contributed by atoms with E-state index < -0.39 is 0 Å². The van der Waals surface area contributed by atoms with Crippen molar-refractivity contribution in [3.05, 3.63) is 0 Å². The zero-order valence-corrected chi connectivity index (χ0v) is 22.9. The van der Waals surface area contributed by atoms with Gasteiger partial charge in [-0.05, 0) is 31.4 Å². The van der Waals surface area contributed by atoms with Gasteiger partial charge in [0, 0.05) is 13.7 Å². The van der Waals surface area contributed by atoms with Crippen molar-refractivity contribution in [1.82, 2.24) is 0 Å². The fourth-order valence-electron chi connectivity index (χ4n) is 2.75. The van der Waals surface area contributed by atoms with E-state index in [2.05, 4.69) is 44.3 Å². The van der Waals surface area contributed by atoms with E-state index in [1.807, 2.05) is 11.8 Å². The van der Waals surface area contributed by atoms with Gasteiger partial charge < -0.3 is 0 Å². The Bertz CT molecular complexity index is 284. The highest BCUT2D eigenvalue weighted by Gasteiger charge is 2.19. The second-order valence-electron chi connectivity index (χ2n) is 7.21. The molecule has 0 spiro atoms. The van der Waals surface area contributed by atoms with Gasteiger partial charge in [-0.1, -0.05) is 78.6 Å². The normalized spacial score (nSPS) is 16.2. The van der Waals surface area contributed by atoms with Crippen LogP contribution in [0.2, 0.25) is 0 Å². The molecule has 0 aromatic carbocycles. The molecule has 3 unspecified atom stereocenters. The number of thiol groups is 3. The molecule has 0 aliphatic carbocycles. The standard InChI is InChI=1S/C21H44S6/c1-4-7-10-13-18(22)25-17-16-21(26-19(23)14-11-8-5-2)27-20(24)15-12-9-6-3/h18-24H,4-17H2,1-3H3. The van der Waals surface area contributed by atoms with Crippen molar-refractivity contribution in [3.8, 4) is 0 Å². The summed E-state index contributed by atoms with van der Waals surface area (Å²) in [6.45, 7) is 6.81. The van der Waals surface area contributed by atoms with Gasteiger partial charge in [0.2, 0.25) is 0 Å². The summed E-state index contributed by atoms with van der Waals surface area (Å²) in [5, 5.41) is 0. The van der Waals surface area contributed by atoms with Crippen LogP contribution in [0.1, 0.15) is 104 Å². The van der Waals surface area contributed by atoms with Gasteiger partial charge in [-0.3, -0.25) is 0 Å². The van der Waals surface area contributed by atoms with Gasteiger partial charge in [-0.25, -0.2) is 0 Å². The zero-order chi connectivity index (χ0) is 20.3. The first kappa shape index (κ1) is 29.1. The smallest absolute Gasteiger partial charge is 0.0532 e. The van der Waals surface area contributed by atoms with E-state index in [-0.39, 0.29) is 0 Å². The highest BCUT2D eigenvalue weighted by atomic mass is 32.2. The molecule has 0 fully saturated rings. The SMILES string of the molecule is CCCCCC(S)SCCC(SC(S)CCCCC)SC(S)CCCCC. The van der Waals surface area contributed by atoms with Crippen molar-refractivity contribution in [2.45, 2.75) is 123 Å². The molecule has 0 nitrogen and oxygen atoms in total. The molecule has 0 rings (SSSR count). The Labute approximate surface area is 200 Å². The third kappa shape index (κ3) is 19.8. The lowest BCUT2D eigenvalue weighted by Crippen LogP contribution is -2.10. The van der Waals surface area contributed by atoms with Crippen molar-refractivity contribution in [3.63, 3.8) is 0 Å². The first-order valence-electron chi connectivity index (χ1n) is 11.0. The minimum absolute atomic E-state index is 0.464. The lowest BCUT2D eigenvalue weighted by molar-refractivity contribution is 0.695. The molecule has 0 aliphatic heterocycles. The molecular formula is C21H44S6. The Kier molecular flexibility index (Phi) is 23.0. The van der Waals surface area contributed by atoms with Crippen LogP contribution in [0.4, 0.5) is 0 Å². The van der Waals surface area contributed by atoms with Crippen molar-refractivity contribution >= 4 is 73.2 Å². The molecule has 164 valence electrons. The van der Waals surface area contributed by atoms with Crippen molar-refractivity contribution < 1.29 is 0 Å². The highest BCUT2D eigenvalue weighted by molar-refractivity contribution is 8.24. The number of rotatable bonds is 20. The van der Waals surface area contributed by atoms with Gasteiger partial charge in [-0.15, -0.1) is 35.3 Å². The second-order valence-corrected chi connectivity index (χ2v) is 14.6. The predicted octanol–water partition coefficient (Wildman–Crippen LogP) is 9.41. The molecule has 0 bridgehead atoms. The van der Waals surface area contributed by atoms with Crippen LogP contribution in [0.25, 0.3) is 0 Å². The van der Waals surface area contributed by atoms with Gasteiger partial charge in [0.25, 0.3) is 0 Å². The Hall–Kier alpha value is 2.10. The lowest BCUT2D eigenvalue weighted by atomic mass is 10.2.